The largest absolute Gasteiger partial charge is 0.477 e. The number of allylic oxidation sites excluding steroid dienone is 1. The number of carbonyl (C=O) groups is 3. The fourth-order valence-corrected chi connectivity index (χ4v) is 6.92. The highest BCUT2D eigenvalue weighted by atomic mass is 35.5. The summed E-state index contributed by atoms with van der Waals surface area (Å²) in [5.74, 6) is -1.32. The van der Waals surface area contributed by atoms with Gasteiger partial charge in [0.05, 0.1) is 11.7 Å². The van der Waals surface area contributed by atoms with Gasteiger partial charge in [0.25, 0.3) is 11.8 Å². The highest BCUT2D eigenvalue weighted by molar-refractivity contribution is 8.03. The predicted octanol–water partition coefficient (Wildman–Crippen LogP) is 1.72. The summed E-state index contributed by atoms with van der Waals surface area (Å²) in [6, 6.07) is 2.06. The number of aromatic nitrogens is 2. The molecule has 7 N–H and O–H groups in total. The minimum atomic E-state index is -1.24. The molecule has 0 saturated carbocycles. The van der Waals surface area contributed by atoms with Crippen molar-refractivity contribution in [3.05, 3.63) is 44.7 Å². The zero-order valence-corrected chi connectivity index (χ0v) is 22.3. The molecule has 196 valence electrons. The molecule has 2 aliphatic heterocycles. The number of carbonyl (C=O) groups excluding carboxylic acids is 2. The maximum Gasteiger partial charge on any atom is 0.353 e. The maximum absolute atomic E-state index is 13.0. The van der Waals surface area contributed by atoms with E-state index in [-0.39, 0.29) is 20.9 Å². The van der Waals surface area contributed by atoms with Gasteiger partial charge in [-0.15, -0.1) is 0 Å². The molecular formula is C21H22ClN7O5S3. The summed E-state index contributed by atoms with van der Waals surface area (Å²) in [5.41, 5.74) is 11.2. The average Bonchev–Trinajstić information content (AvgIpc) is 3.20. The number of oxime groups is 1. The van der Waals surface area contributed by atoms with Crippen molar-refractivity contribution in [1.82, 2.24) is 20.2 Å². The van der Waals surface area contributed by atoms with Gasteiger partial charge < -0.3 is 27.1 Å². The second-order valence-corrected chi connectivity index (χ2v) is 11.7. The van der Waals surface area contributed by atoms with Crippen molar-refractivity contribution in [3.63, 3.8) is 0 Å². The molecule has 0 aliphatic carbocycles. The number of thioether (sulfide) groups is 2. The number of nitrogen functional groups attached to an aromatic ring is 1. The first-order valence-corrected chi connectivity index (χ1v) is 14.1. The number of anilines is 1. The molecule has 2 aromatic heterocycles. The molecular weight excluding hydrogens is 562 g/mol. The molecule has 1 saturated heterocycles. The molecule has 4 heterocycles. The third-order valence-corrected chi connectivity index (χ3v) is 8.93. The van der Waals surface area contributed by atoms with Gasteiger partial charge in [0.1, 0.15) is 21.8 Å². The Morgan fingerprint density at radius 2 is 2.19 bits per heavy atom. The number of halogens is 1. The highest BCUT2D eigenvalue weighted by Gasteiger charge is 2.54. The van der Waals surface area contributed by atoms with Crippen LogP contribution in [-0.4, -0.2) is 73.1 Å². The number of aliphatic carboxylic acids is 1. The Hall–Kier alpha value is -2.85. The summed E-state index contributed by atoms with van der Waals surface area (Å²) >= 11 is 9.82. The van der Waals surface area contributed by atoms with Gasteiger partial charge in [-0.2, -0.15) is 11.8 Å². The first-order chi connectivity index (χ1) is 17.8. The van der Waals surface area contributed by atoms with E-state index in [0.717, 1.165) is 27.7 Å². The second kappa shape index (κ2) is 11.7. The van der Waals surface area contributed by atoms with E-state index in [1.54, 1.807) is 24.0 Å². The number of pyridine rings is 1. The van der Waals surface area contributed by atoms with Crippen LogP contribution in [0.4, 0.5) is 5.13 Å². The number of amides is 2. The van der Waals surface area contributed by atoms with Gasteiger partial charge in [0.15, 0.2) is 10.8 Å². The molecule has 0 aromatic carbocycles. The minimum Gasteiger partial charge on any atom is -0.477 e. The van der Waals surface area contributed by atoms with Crippen LogP contribution in [-0.2, 0) is 20.1 Å². The number of fused-ring (bicyclic) bond motifs is 1. The Balaban J connectivity index is 1.52. The fourth-order valence-electron chi connectivity index (χ4n) is 4.01. The van der Waals surface area contributed by atoms with Crippen LogP contribution in [0.3, 0.4) is 0 Å². The Kier molecular flexibility index (Phi) is 8.59. The number of β-lactam (4-membered cyclic amide) rings is 1. The second-order valence-electron chi connectivity index (χ2n) is 7.86. The van der Waals surface area contributed by atoms with Gasteiger partial charge in [-0.3, -0.25) is 19.5 Å². The lowest BCUT2D eigenvalue weighted by Gasteiger charge is -2.50. The molecule has 16 heteroatoms. The van der Waals surface area contributed by atoms with Gasteiger partial charge in [-0.1, -0.05) is 39.9 Å². The first-order valence-electron chi connectivity index (χ1n) is 10.9. The number of carboxylic acid groups (broad SMARTS) is 1. The summed E-state index contributed by atoms with van der Waals surface area (Å²) in [6.07, 6.45) is 2.48. The molecule has 1 unspecified atom stereocenters. The van der Waals surface area contributed by atoms with Gasteiger partial charge in [0.2, 0.25) is 0 Å². The first kappa shape index (κ1) is 27.2. The van der Waals surface area contributed by atoms with E-state index in [1.165, 1.54) is 16.7 Å². The predicted molar refractivity (Wildman–Crippen MR) is 142 cm³/mol. The standard InChI is InChI=1S/C21H22ClN7O5S3/c22-17-14(27-21(24)37-17)15(28-34)18(30)26-13-10-3-4-12(16(20(32)33)29(10)19(13)31)36-11-2-1-6-25-9(11)8-35-7-5-23/h1-2,6,10,13,34H,3-5,7-8,23H2,(H2,24,27)(H,26,30)(H,32,33)/b28-15-/t10?,13-/m0/s1. The van der Waals surface area contributed by atoms with Crippen LogP contribution in [0, 0.1) is 0 Å². The number of nitrogens with two attached hydrogens (primary N) is 2. The van der Waals surface area contributed by atoms with E-state index in [4.69, 9.17) is 23.1 Å². The van der Waals surface area contributed by atoms with Crippen LogP contribution in [0.15, 0.2) is 39.0 Å². The molecule has 4 rings (SSSR count). The molecule has 1 fully saturated rings. The molecule has 0 radical (unpaired) electrons. The summed E-state index contributed by atoms with van der Waals surface area (Å²) in [6.45, 7) is 0.543. The molecule has 2 aromatic rings. The Labute approximate surface area is 228 Å². The van der Waals surface area contributed by atoms with Crippen LogP contribution < -0.4 is 16.8 Å². The van der Waals surface area contributed by atoms with Gasteiger partial charge in [-0.05, 0) is 25.0 Å². The summed E-state index contributed by atoms with van der Waals surface area (Å²) in [4.78, 5) is 48.8. The number of hydrogen-bond acceptors (Lipinski definition) is 12. The SMILES string of the molecule is NCCSCc1ncccc1SC1=C(C(=O)O)N2C(=O)[C@@H](NC(=O)/C(=N\O)c3nc(N)sc3Cl)C2CC1. The summed E-state index contributed by atoms with van der Waals surface area (Å²) < 4.78 is 0.0497. The van der Waals surface area contributed by atoms with Crippen molar-refractivity contribution >= 4 is 75.1 Å². The van der Waals surface area contributed by atoms with E-state index >= 15 is 0 Å². The van der Waals surface area contributed by atoms with Crippen LogP contribution in [0.5, 0.6) is 0 Å². The summed E-state index contributed by atoms with van der Waals surface area (Å²) in [7, 11) is 0. The third kappa shape index (κ3) is 5.55. The van der Waals surface area contributed by atoms with Crippen molar-refractivity contribution in [2.24, 2.45) is 10.9 Å². The topological polar surface area (TPSA) is 197 Å². The van der Waals surface area contributed by atoms with Crippen molar-refractivity contribution in [2.45, 2.75) is 35.6 Å². The highest BCUT2D eigenvalue weighted by Crippen LogP contribution is 2.44. The zero-order chi connectivity index (χ0) is 26.7. The van der Waals surface area contributed by atoms with E-state index in [1.807, 2.05) is 6.07 Å². The third-order valence-electron chi connectivity index (χ3n) is 5.61. The zero-order valence-electron chi connectivity index (χ0n) is 19.1. The number of thiazole rings is 1. The molecule has 2 aliphatic rings. The number of nitrogens with one attached hydrogen (secondary N) is 1. The molecule has 2 amide bonds. The van der Waals surface area contributed by atoms with Gasteiger partial charge in [-0.25, -0.2) is 9.78 Å². The van der Waals surface area contributed by atoms with Crippen LogP contribution in [0.1, 0.15) is 24.2 Å². The van der Waals surface area contributed by atoms with Crippen LogP contribution in [0.25, 0.3) is 0 Å². The molecule has 0 spiro atoms. The number of rotatable bonds is 10. The van der Waals surface area contributed by atoms with Crippen molar-refractivity contribution in [1.29, 1.82) is 0 Å². The Morgan fingerprint density at radius 1 is 1.41 bits per heavy atom. The lowest BCUT2D eigenvalue weighted by Crippen LogP contribution is -2.72. The Bertz CT molecular complexity index is 1300. The van der Waals surface area contributed by atoms with Crippen LogP contribution >= 0.6 is 46.5 Å². The average molecular weight is 584 g/mol. The van der Waals surface area contributed by atoms with E-state index in [0.29, 0.717) is 30.0 Å². The van der Waals surface area contributed by atoms with Crippen molar-refractivity contribution in [2.75, 3.05) is 18.0 Å². The van der Waals surface area contributed by atoms with E-state index in [2.05, 4.69) is 20.4 Å². The van der Waals surface area contributed by atoms with Gasteiger partial charge in [0, 0.05) is 34.0 Å². The van der Waals surface area contributed by atoms with E-state index in [9.17, 15) is 24.7 Å². The lowest BCUT2D eigenvalue weighted by atomic mass is 9.86. The van der Waals surface area contributed by atoms with E-state index < -0.39 is 35.6 Å². The number of nitrogens with zero attached hydrogens (tertiary/aromatic N) is 4. The number of carboxylic acids is 1. The maximum atomic E-state index is 13.0. The monoisotopic (exact) mass is 583 g/mol. The quantitative estimate of drug-likeness (QED) is 0.0897. The number of hydrogen-bond donors (Lipinski definition) is 5. The molecule has 37 heavy (non-hydrogen) atoms. The fraction of sp³-hybridized carbons (Fsp3) is 0.333. The molecule has 2 atom stereocenters. The lowest BCUT2D eigenvalue weighted by molar-refractivity contribution is -0.155. The Morgan fingerprint density at radius 3 is 2.84 bits per heavy atom. The molecule has 12 nitrogen and oxygen atoms in total. The smallest absolute Gasteiger partial charge is 0.353 e. The summed E-state index contributed by atoms with van der Waals surface area (Å²) in [5, 5.41) is 24.9. The van der Waals surface area contributed by atoms with Crippen LogP contribution in [0.2, 0.25) is 4.34 Å². The normalized spacial score (nSPS) is 19.5. The van der Waals surface area contributed by atoms with Gasteiger partial charge >= 0.3 is 5.97 Å². The molecule has 0 bridgehead atoms. The van der Waals surface area contributed by atoms with Crippen molar-refractivity contribution < 1.29 is 24.7 Å². The van der Waals surface area contributed by atoms with Crippen molar-refractivity contribution in [3.8, 4) is 0 Å². The minimum absolute atomic E-state index is 0.0497.